The molecule has 0 saturated heterocycles. The monoisotopic (exact) mass is 328 g/mol. The van der Waals surface area contributed by atoms with E-state index in [1.54, 1.807) is 19.1 Å². The van der Waals surface area contributed by atoms with Crippen LogP contribution in [0, 0.1) is 13.8 Å². The highest BCUT2D eigenvalue weighted by molar-refractivity contribution is 7.89. The fourth-order valence-electron chi connectivity index (χ4n) is 2.86. The minimum atomic E-state index is -3.56. The molecule has 0 bridgehead atoms. The second-order valence-corrected chi connectivity index (χ2v) is 7.76. The van der Waals surface area contributed by atoms with Gasteiger partial charge in [0.15, 0.2) is 0 Å². The highest BCUT2D eigenvalue weighted by Gasteiger charge is 2.33. The molecule has 1 unspecified atom stereocenters. The van der Waals surface area contributed by atoms with Crippen LogP contribution in [0.3, 0.4) is 0 Å². The summed E-state index contributed by atoms with van der Waals surface area (Å²) in [5.41, 5.74) is 3.24. The van der Waals surface area contributed by atoms with Crippen molar-refractivity contribution >= 4 is 15.9 Å². The maximum absolute atomic E-state index is 12.9. The van der Waals surface area contributed by atoms with Gasteiger partial charge < -0.3 is 0 Å². The van der Waals surface area contributed by atoms with Crippen LogP contribution in [0.5, 0.6) is 0 Å². The first-order chi connectivity index (χ1) is 10.9. The molecule has 0 spiro atoms. The van der Waals surface area contributed by atoms with E-state index in [2.05, 4.69) is 4.99 Å². The molecule has 0 aromatic heterocycles. The number of benzene rings is 2. The van der Waals surface area contributed by atoms with Gasteiger partial charge in [-0.2, -0.15) is 0 Å². The quantitative estimate of drug-likeness (QED) is 0.866. The topological polar surface area (TPSA) is 49.7 Å². The Bertz CT molecular complexity index is 855. The first-order valence-corrected chi connectivity index (χ1v) is 9.03. The molecule has 3 rings (SSSR count). The molecule has 4 nitrogen and oxygen atoms in total. The summed E-state index contributed by atoms with van der Waals surface area (Å²) in [6.07, 6.45) is 0. The van der Waals surface area contributed by atoms with Gasteiger partial charge in [0.05, 0.1) is 17.5 Å². The summed E-state index contributed by atoms with van der Waals surface area (Å²) in [5, 5.41) is 0. The van der Waals surface area contributed by atoms with E-state index in [0.717, 1.165) is 16.7 Å². The molecule has 2 aromatic rings. The van der Waals surface area contributed by atoms with E-state index in [1.165, 1.54) is 4.31 Å². The molecular formula is C18H20N2O2S. The fourth-order valence-corrected chi connectivity index (χ4v) is 4.32. The van der Waals surface area contributed by atoms with E-state index in [0.29, 0.717) is 17.3 Å². The Kier molecular flexibility index (Phi) is 3.98. The van der Waals surface area contributed by atoms with Crippen molar-refractivity contribution in [2.45, 2.75) is 31.7 Å². The van der Waals surface area contributed by atoms with E-state index in [1.807, 2.05) is 50.2 Å². The largest absolute Gasteiger partial charge is 0.265 e. The lowest BCUT2D eigenvalue weighted by atomic mass is 10.0. The van der Waals surface area contributed by atoms with Crippen LogP contribution < -0.4 is 0 Å². The number of rotatable bonds is 3. The van der Waals surface area contributed by atoms with Gasteiger partial charge >= 0.3 is 0 Å². The molecular weight excluding hydrogens is 308 g/mol. The van der Waals surface area contributed by atoms with Gasteiger partial charge in [-0.1, -0.05) is 42.0 Å². The van der Waals surface area contributed by atoms with Crippen molar-refractivity contribution in [1.82, 2.24) is 4.31 Å². The van der Waals surface area contributed by atoms with Gasteiger partial charge in [0.1, 0.15) is 5.84 Å². The summed E-state index contributed by atoms with van der Waals surface area (Å²) in [4.78, 5) is 4.88. The summed E-state index contributed by atoms with van der Waals surface area (Å²) in [6.45, 7) is 6.07. The average Bonchev–Trinajstić information content (AvgIpc) is 2.90. The first-order valence-electron chi connectivity index (χ1n) is 7.59. The Hall–Kier alpha value is -2.14. The number of hydrogen-bond acceptors (Lipinski definition) is 3. The molecule has 1 heterocycles. The van der Waals surface area contributed by atoms with E-state index in [-0.39, 0.29) is 6.04 Å². The Morgan fingerprint density at radius 2 is 1.65 bits per heavy atom. The van der Waals surface area contributed by atoms with Gasteiger partial charge in [0.2, 0.25) is 0 Å². The van der Waals surface area contributed by atoms with Crippen LogP contribution in [0.25, 0.3) is 0 Å². The Labute approximate surface area is 137 Å². The van der Waals surface area contributed by atoms with Crippen molar-refractivity contribution in [3.63, 3.8) is 0 Å². The van der Waals surface area contributed by atoms with E-state index in [9.17, 15) is 8.42 Å². The number of amidine groups is 1. The molecule has 0 amide bonds. The van der Waals surface area contributed by atoms with Crippen LogP contribution >= 0.6 is 0 Å². The molecule has 5 heteroatoms. The molecule has 0 N–H and O–H groups in total. The third-order valence-corrected chi connectivity index (χ3v) is 6.06. The van der Waals surface area contributed by atoms with E-state index in [4.69, 9.17) is 0 Å². The molecule has 120 valence electrons. The number of hydrogen-bond donors (Lipinski definition) is 0. The lowest BCUT2D eigenvalue weighted by Crippen LogP contribution is -2.33. The van der Waals surface area contributed by atoms with Gasteiger partial charge in [-0.15, -0.1) is 0 Å². The highest BCUT2D eigenvalue weighted by Crippen LogP contribution is 2.30. The second-order valence-electron chi connectivity index (χ2n) is 5.90. The summed E-state index contributed by atoms with van der Waals surface area (Å²) in [6, 6.07) is 14.8. The second kappa shape index (κ2) is 5.81. The van der Waals surface area contributed by atoms with Crippen LogP contribution in [0.2, 0.25) is 0 Å². The maximum atomic E-state index is 12.9. The summed E-state index contributed by atoms with van der Waals surface area (Å²) >= 11 is 0. The molecule has 0 saturated carbocycles. The SMILES string of the molecule is CC1=NC(c2ccccc2C)CN1S(=O)(=O)c1ccc(C)cc1. The van der Waals surface area contributed by atoms with Crippen molar-refractivity contribution in [3.05, 3.63) is 65.2 Å². The third-order valence-electron chi connectivity index (χ3n) is 4.20. The van der Waals surface area contributed by atoms with Crippen LogP contribution in [0.1, 0.15) is 29.7 Å². The number of sulfonamides is 1. The maximum Gasteiger partial charge on any atom is 0.265 e. The molecule has 0 aliphatic carbocycles. The lowest BCUT2D eigenvalue weighted by molar-refractivity contribution is 0.519. The van der Waals surface area contributed by atoms with Crippen molar-refractivity contribution in [3.8, 4) is 0 Å². The average molecular weight is 328 g/mol. The van der Waals surface area contributed by atoms with Crippen LogP contribution in [-0.2, 0) is 10.0 Å². The number of nitrogens with zero attached hydrogens (tertiary/aromatic N) is 2. The molecule has 1 aliphatic heterocycles. The summed E-state index contributed by atoms with van der Waals surface area (Å²) < 4.78 is 27.1. The van der Waals surface area contributed by atoms with Gasteiger partial charge in [-0.25, -0.2) is 8.42 Å². The molecule has 23 heavy (non-hydrogen) atoms. The summed E-state index contributed by atoms with van der Waals surface area (Å²) in [7, 11) is -3.56. The molecule has 0 radical (unpaired) electrons. The van der Waals surface area contributed by atoms with Crippen LogP contribution in [0.15, 0.2) is 58.4 Å². The van der Waals surface area contributed by atoms with Crippen LogP contribution in [0.4, 0.5) is 0 Å². The standard InChI is InChI=1S/C18H20N2O2S/c1-13-8-10-16(11-9-13)23(21,22)20-12-18(19-15(20)3)17-7-5-4-6-14(17)2/h4-11,18H,12H2,1-3H3. The van der Waals surface area contributed by atoms with E-state index >= 15 is 0 Å². The highest BCUT2D eigenvalue weighted by atomic mass is 32.2. The van der Waals surface area contributed by atoms with Crippen molar-refractivity contribution < 1.29 is 8.42 Å². The van der Waals surface area contributed by atoms with Gasteiger partial charge in [0, 0.05) is 0 Å². The van der Waals surface area contributed by atoms with Gasteiger partial charge in [-0.05, 0) is 44.0 Å². The number of aryl methyl sites for hydroxylation is 2. The van der Waals surface area contributed by atoms with Crippen molar-refractivity contribution in [2.24, 2.45) is 4.99 Å². The van der Waals surface area contributed by atoms with Gasteiger partial charge in [0.25, 0.3) is 10.0 Å². The Morgan fingerprint density at radius 3 is 2.30 bits per heavy atom. The molecule has 2 aromatic carbocycles. The molecule has 1 aliphatic rings. The smallest absolute Gasteiger partial charge is 0.262 e. The van der Waals surface area contributed by atoms with E-state index < -0.39 is 10.0 Å². The predicted octanol–water partition coefficient (Wildman–Crippen LogP) is 3.47. The zero-order valence-corrected chi connectivity index (χ0v) is 14.3. The summed E-state index contributed by atoms with van der Waals surface area (Å²) in [5.74, 6) is 0.541. The van der Waals surface area contributed by atoms with Crippen molar-refractivity contribution in [1.29, 1.82) is 0 Å². The lowest BCUT2D eigenvalue weighted by Gasteiger charge is -2.20. The Morgan fingerprint density at radius 1 is 1.00 bits per heavy atom. The normalized spacial score (nSPS) is 18.1. The minimum absolute atomic E-state index is 0.142. The zero-order chi connectivity index (χ0) is 16.6. The van der Waals surface area contributed by atoms with Gasteiger partial charge in [-0.3, -0.25) is 9.30 Å². The minimum Gasteiger partial charge on any atom is -0.262 e. The first kappa shape index (κ1) is 15.7. The third kappa shape index (κ3) is 2.88. The van der Waals surface area contributed by atoms with Crippen LogP contribution in [-0.4, -0.2) is 25.1 Å². The molecule has 1 atom stereocenters. The Balaban J connectivity index is 1.92. The molecule has 0 fully saturated rings. The zero-order valence-electron chi connectivity index (χ0n) is 13.5. The number of aliphatic imine (C=N–C) groups is 1. The predicted molar refractivity (Wildman–Crippen MR) is 92.1 cm³/mol. The fraction of sp³-hybridized carbons (Fsp3) is 0.278. The van der Waals surface area contributed by atoms with Crippen molar-refractivity contribution in [2.75, 3.05) is 6.54 Å².